The Kier molecular flexibility index (Phi) is 4.92. The molecule has 1 aliphatic heterocycles. The van der Waals surface area contributed by atoms with Gasteiger partial charge in [0, 0.05) is 16.6 Å². The third kappa shape index (κ3) is 4.11. The normalized spacial score (nSPS) is 14.2. The molecule has 0 atom stereocenters. The molecule has 2 aromatic rings. The molecule has 1 aromatic carbocycles. The van der Waals surface area contributed by atoms with Gasteiger partial charge < -0.3 is 15.4 Å². The van der Waals surface area contributed by atoms with Gasteiger partial charge in [-0.05, 0) is 32.0 Å². The number of aromatic nitrogens is 1. The van der Waals surface area contributed by atoms with Crippen molar-refractivity contribution in [3.8, 4) is 5.75 Å². The summed E-state index contributed by atoms with van der Waals surface area (Å²) in [5.41, 5.74) is 0.985. The number of benzene rings is 1. The zero-order valence-electron chi connectivity index (χ0n) is 14.2. The van der Waals surface area contributed by atoms with Gasteiger partial charge in [-0.3, -0.25) is 9.59 Å². The van der Waals surface area contributed by atoms with Crippen LogP contribution in [0.3, 0.4) is 0 Å². The Labute approximate surface area is 156 Å². The number of thiazole rings is 1. The smallest absolute Gasteiger partial charge is 0.443 e. The molecule has 0 bridgehead atoms. The Morgan fingerprint density at radius 1 is 1.33 bits per heavy atom. The average molecular weight is 397 g/mol. The number of halogens is 3. The minimum atomic E-state index is -4.51. The zero-order valence-corrected chi connectivity index (χ0v) is 15.0. The number of allylic oxidation sites excluding steroid dienone is 1. The molecule has 6 nitrogen and oxygen atoms in total. The predicted molar refractivity (Wildman–Crippen MR) is 92.4 cm³/mol. The van der Waals surface area contributed by atoms with Crippen LogP contribution in [0.4, 0.5) is 18.9 Å². The number of alkyl halides is 3. The summed E-state index contributed by atoms with van der Waals surface area (Å²) in [7, 11) is 0. The Hall–Kier alpha value is -2.88. The van der Waals surface area contributed by atoms with Crippen LogP contribution in [0.15, 0.2) is 35.7 Å². The first-order valence-corrected chi connectivity index (χ1v) is 8.57. The summed E-state index contributed by atoms with van der Waals surface area (Å²) in [4.78, 5) is 27.9. The molecular weight excluding hydrogens is 383 g/mol. The van der Waals surface area contributed by atoms with Crippen molar-refractivity contribution < 1.29 is 27.5 Å². The van der Waals surface area contributed by atoms with E-state index in [2.05, 4.69) is 15.6 Å². The van der Waals surface area contributed by atoms with Crippen molar-refractivity contribution in [3.63, 3.8) is 0 Å². The number of hydrogen-bond donors (Lipinski definition) is 2. The second-order valence-corrected chi connectivity index (χ2v) is 6.88. The number of ether oxygens (including phenoxy) is 1. The van der Waals surface area contributed by atoms with Crippen LogP contribution in [0, 0.1) is 0 Å². The van der Waals surface area contributed by atoms with Gasteiger partial charge in [0.1, 0.15) is 11.5 Å². The number of hydrogen-bond acceptors (Lipinski definition) is 5. The number of carbonyl (C=O) groups is 2. The third-order valence-electron chi connectivity index (χ3n) is 3.84. The second-order valence-electron chi connectivity index (χ2n) is 5.76. The molecule has 3 rings (SSSR count). The fraction of sp³-hybridized carbons (Fsp3) is 0.235. The van der Waals surface area contributed by atoms with Crippen molar-refractivity contribution in [2.24, 2.45) is 0 Å². The average Bonchev–Trinajstić information content (AvgIpc) is 3.06. The van der Waals surface area contributed by atoms with Crippen LogP contribution >= 0.6 is 11.3 Å². The van der Waals surface area contributed by atoms with E-state index in [1.165, 1.54) is 12.1 Å². The summed E-state index contributed by atoms with van der Waals surface area (Å²) >= 11 is 0.470. The van der Waals surface area contributed by atoms with Crippen LogP contribution in [0.5, 0.6) is 5.75 Å². The molecule has 0 fully saturated rings. The lowest BCUT2D eigenvalue weighted by molar-refractivity contribution is -0.137. The first-order chi connectivity index (χ1) is 12.6. The predicted octanol–water partition coefficient (Wildman–Crippen LogP) is 3.72. The highest BCUT2D eigenvalue weighted by atomic mass is 32.1. The quantitative estimate of drug-likeness (QED) is 0.827. The molecule has 2 heterocycles. The SMILES string of the molecule is CC1=C(C)C(=O)Nc2cc(C(=O)NCc3cnc(C(F)(F)F)s3)ccc2O1. The maximum Gasteiger partial charge on any atom is 0.443 e. The summed E-state index contributed by atoms with van der Waals surface area (Å²) < 4.78 is 43.3. The third-order valence-corrected chi connectivity index (χ3v) is 4.88. The van der Waals surface area contributed by atoms with Crippen molar-refractivity contribution in [2.75, 3.05) is 5.32 Å². The maximum absolute atomic E-state index is 12.6. The number of nitrogens with zero attached hydrogens (tertiary/aromatic N) is 1. The molecule has 27 heavy (non-hydrogen) atoms. The monoisotopic (exact) mass is 397 g/mol. The minimum Gasteiger partial charge on any atom is -0.459 e. The van der Waals surface area contributed by atoms with Crippen LogP contribution in [0.2, 0.25) is 0 Å². The number of fused-ring (bicyclic) bond motifs is 1. The summed E-state index contributed by atoms with van der Waals surface area (Å²) in [6.07, 6.45) is -3.43. The molecule has 0 saturated carbocycles. The minimum absolute atomic E-state index is 0.0910. The van der Waals surface area contributed by atoms with Gasteiger partial charge in [0.05, 0.1) is 17.8 Å². The van der Waals surface area contributed by atoms with E-state index in [1.54, 1.807) is 19.9 Å². The molecule has 2 amide bonds. The lowest BCUT2D eigenvalue weighted by Gasteiger charge is -2.10. The van der Waals surface area contributed by atoms with Crippen molar-refractivity contribution in [1.29, 1.82) is 0 Å². The van der Waals surface area contributed by atoms with Crippen LogP contribution < -0.4 is 15.4 Å². The molecule has 142 valence electrons. The van der Waals surface area contributed by atoms with E-state index in [0.717, 1.165) is 6.20 Å². The molecule has 10 heteroatoms. The van der Waals surface area contributed by atoms with Gasteiger partial charge in [-0.1, -0.05) is 0 Å². The van der Waals surface area contributed by atoms with Gasteiger partial charge in [-0.2, -0.15) is 13.2 Å². The molecule has 0 radical (unpaired) electrons. The first kappa shape index (κ1) is 18.9. The van der Waals surface area contributed by atoms with Gasteiger partial charge in [-0.15, -0.1) is 11.3 Å². The van der Waals surface area contributed by atoms with Crippen LogP contribution in [-0.2, 0) is 17.5 Å². The lowest BCUT2D eigenvalue weighted by Crippen LogP contribution is -2.22. The molecule has 1 aromatic heterocycles. The van der Waals surface area contributed by atoms with Gasteiger partial charge >= 0.3 is 6.18 Å². The second kappa shape index (κ2) is 7.03. The zero-order chi connectivity index (χ0) is 19.8. The number of anilines is 1. The van der Waals surface area contributed by atoms with E-state index in [4.69, 9.17) is 4.74 Å². The molecule has 2 N–H and O–H groups in total. The largest absolute Gasteiger partial charge is 0.459 e. The topological polar surface area (TPSA) is 80.3 Å². The van der Waals surface area contributed by atoms with Crippen molar-refractivity contribution in [2.45, 2.75) is 26.6 Å². The Morgan fingerprint density at radius 2 is 2.07 bits per heavy atom. The standard InChI is InChI=1S/C17H14F3N3O3S/c1-8-9(2)26-13-4-3-10(5-12(13)23-14(8)24)15(25)21-6-11-7-22-16(27-11)17(18,19)20/h3-5,7H,6H2,1-2H3,(H,21,25)(H,23,24). The van der Waals surface area contributed by atoms with E-state index in [-0.39, 0.29) is 22.9 Å². The van der Waals surface area contributed by atoms with Gasteiger partial charge in [0.25, 0.3) is 11.8 Å². The van der Waals surface area contributed by atoms with Gasteiger partial charge in [-0.25, -0.2) is 4.98 Å². The highest BCUT2D eigenvalue weighted by molar-refractivity contribution is 7.11. The van der Waals surface area contributed by atoms with Gasteiger partial charge in [0.2, 0.25) is 0 Å². The Bertz CT molecular complexity index is 950. The molecule has 0 aliphatic carbocycles. The summed E-state index contributed by atoms with van der Waals surface area (Å²) in [6.45, 7) is 3.19. The number of amides is 2. The van der Waals surface area contributed by atoms with E-state index < -0.39 is 17.1 Å². The Balaban J connectivity index is 1.71. The molecule has 0 saturated heterocycles. The number of rotatable bonds is 3. The van der Waals surface area contributed by atoms with Crippen LogP contribution in [-0.4, -0.2) is 16.8 Å². The highest BCUT2D eigenvalue weighted by Gasteiger charge is 2.34. The van der Waals surface area contributed by atoms with E-state index >= 15 is 0 Å². The van der Waals surface area contributed by atoms with E-state index in [9.17, 15) is 22.8 Å². The highest BCUT2D eigenvalue weighted by Crippen LogP contribution is 2.33. The summed E-state index contributed by atoms with van der Waals surface area (Å²) in [5.74, 6) is 0.00782. The van der Waals surface area contributed by atoms with E-state index in [0.29, 0.717) is 34.1 Å². The molecule has 0 spiro atoms. The molecule has 0 unspecified atom stereocenters. The van der Waals surface area contributed by atoms with Crippen LogP contribution in [0.25, 0.3) is 0 Å². The molecule has 1 aliphatic rings. The van der Waals surface area contributed by atoms with Gasteiger partial charge in [0.15, 0.2) is 5.01 Å². The number of carbonyl (C=O) groups excluding carboxylic acids is 2. The van der Waals surface area contributed by atoms with Crippen molar-refractivity contribution in [3.05, 3.63) is 51.2 Å². The Morgan fingerprint density at radius 3 is 2.74 bits per heavy atom. The fourth-order valence-electron chi connectivity index (χ4n) is 2.27. The van der Waals surface area contributed by atoms with Crippen LogP contribution in [0.1, 0.15) is 34.1 Å². The van der Waals surface area contributed by atoms with E-state index in [1.807, 2.05) is 0 Å². The van der Waals surface area contributed by atoms with Crippen molar-refractivity contribution in [1.82, 2.24) is 10.3 Å². The maximum atomic E-state index is 12.6. The summed E-state index contributed by atoms with van der Waals surface area (Å²) in [5, 5.41) is 4.23. The number of nitrogens with one attached hydrogen (secondary N) is 2. The summed E-state index contributed by atoms with van der Waals surface area (Å²) in [6, 6.07) is 4.49. The molecular formula is C17H14F3N3O3S. The lowest BCUT2D eigenvalue weighted by atomic mass is 10.1. The fourth-order valence-corrected chi connectivity index (χ4v) is 2.98. The first-order valence-electron chi connectivity index (χ1n) is 7.76. The van der Waals surface area contributed by atoms with Crippen molar-refractivity contribution >= 4 is 28.8 Å².